The summed E-state index contributed by atoms with van der Waals surface area (Å²) in [4.78, 5) is 13.1. The molecule has 0 aliphatic carbocycles. The van der Waals surface area contributed by atoms with Crippen LogP contribution in [0.3, 0.4) is 0 Å². The number of fused-ring (bicyclic) bond motifs is 1. The van der Waals surface area contributed by atoms with Gasteiger partial charge < -0.3 is 30.3 Å². The molecule has 0 saturated carbocycles. The van der Waals surface area contributed by atoms with E-state index in [4.69, 9.17) is 15.2 Å². The minimum Gasteiger partial charge on any atom is -0.486 e. The van der Waals surface area contributed by atoms with E-state index in [-0.39, 0.29) is 5.82 Å². The quantitative estimate of drug-likeness (QED) is 0.663. The van der Waals surface area contributed by atoms with Crippen LogP contribution in [0.5, 0.6) is 11.5 Å². The molecule has 2 aliphatic rings. The lowest BCUT2D eigenvalue weighted by atomic mass is 10.2. The Bertz CT molecular complexity index is 1070. The van der Waals surface area contributed by atoms with E-state index in [1.807, 2.05) is 18.2 Å². The third kappa shape index (κ3) is 3.98. The molecule has 3 aromatic rings. The highest BCUT2D eigenvalue weighted by molar-refractivity contribution is 5.79. The number of rotatable bonds is 4. The van der Waals surface area contributed by atoms with Crippen molar-refractivity contribution >= 4 is 28.7 Å². The van der Waals surface area contributed by atoms with Gasteiger partial charge in [-0.05, 0) is 36.4 Å². The summed E-state index contributed by atoms with van der Waals surface area (Å²) < 4.78 is 24.4. The zero-order valence-corrected chi connectivity index (χ0v) is 16.9. The first-order valence-electron chi connectivity index (χ1n) is 10.2. The normalized spacial score (nSPS) is 15.6. The molecule has 1 aromatic heterocycles. The van der Waals surface area contributed by atoms with Gasteiger partial charge >= 0.3 is 0 Å². The van der Waals surface area contributed by atoms with E-state index in [9.17, 15) is 4.39 Å². The summed E-state index contributed by atoms with van der Waals surface area (Å²) in [5.41, 5.74) is 8.73. The number of halogens is 1. The Labute approximate surface area is 179 Å². The highest BCUT2D eigenvalue weighted by atomic mass is 19.1. The Kier molecular flexibility index (Phi) is 5.07. The zero-order chi connectivity index (χ0) is 21.2. The minimum absolute atomic E-state index is 0.228. The van der Waals surface area contributed by atoms with Crippen molar-refractivity contribution in [1.29, 1.82) is 0 Å². The van der Waals surface area contributed by atoms with Gasteiger partial charge in [-0.15, -0.1) is 0 Å². The summed E-state index contributed by atoms with van der Waals surface area (Å²) in [6.45, 7) is 4.17. The van der Waals surface area contributed by atoms with E-state index in [0.29, 0.717) is 36.3 Å². The Balaban J connectivity index is 1.29. The smallest absolute Gasteiger partial charge is 0.163 e. The second-order valence-electron chi connectivity index (χ2n) is 7.39. The molecule has 1 fully saturated rings. The molecular formula is C22H23FN6O2. The average Bonchev–Trinajstić information content (AvgIpc) is 2.81. The van der Waals surface area contributed by atoms with Crippen LogP contribution < -0.4 is 30.3 Å². The number of hydrogen-bond donors (Lipinski definition) is 2. The standard InChI is InChI=1S/C22H23FN6O2/c23-15-1-4-17(5-2-15)28-7-9-29(10-8-28)22-20(24)21(25-14-26-22)27-16-3-6-18-19(13-16)31-12-11-30-18/h1-6,13-14H,7-12,24H2,(H,25,26,27). The number of aromatic nitrogens is 2. The number of nitrogen functional groups attached to an aromatic ring is 1. The molecule has 0 spiro atoms. The first-order chi connectivity index (χ1) is 15.2. The Morgan fingerprint density at radius 3 is 2.35 bits per heavy atom. The van der Waals surface area contributed by atoms with E-state index in [1.54, 1.807) is 12.1 Å². The van der Waals surface area contributed by atoms with Gasteiger partial charge in [0.2, 0.25) is 0 Å². The van der Waals surface area contributed by atoms with Crippen molar-refractivity contribution in [1.82, 2.24) is 9.97 Å². The van der Waals surface area contributed by atoms with Gasteiger partial charge in [0, 0.05) is 43.6 Å². The van der Waals surface area contributed by atoms with Crippen LogP contribution in [-0.2, 0) is 0 Å². The lowest BCUT2D eigenvalue weighted by Crippen LogP contribution is -2.47. The number of ether oxygens (including phenoxy) is 2. The summed E-state index contributed by atoms with van der Waals surface area (Å²) in [6.07, 6.45) is 1.51. The Morgan fingerprint density at radius 1 is 0.871 bits per heavy atom. The predicted octanol–water partition coefficient (Wildman–Crippen LogP) is 3.04. The summed E-state index contributed by atoms with van der Waals surface area (Å²) in [5, 5.41) is 3.26. The van der Waals surface area contributed by atoms with Crippen molar-refractivity contribution in [3.05, 3.63) is 54.6 Å². The number of nitrogens with two attached hydrogens (primary N) is 1. The molecule has 3 N–H and O–H groups in total. The summed E-state index contributed by atoms with van der Waals surface area (Å²) >= 11 is 0. The topological polar surface area (TPSA) is 88.8 Å². The van der Waals surface area contributed by atoms with Crippen LogP contribution in [0.15, 0.2) is 48.8 Å². The number of anilines is 5. The molecule has 1 saturated heterocycles. The third-order valence-corrected chi connectivity index (χ3v) is 5.44. The predicted molar refractivity (Wildman–Crippen MR) is 118 cm³/mol. The molecule has 160 valence electrons. The van der Waals surface area contributed by atoms with Crippen molar-refractivity contribution in [2.24, 2.45) is 0 Å². The van der Waals surface area contributed by atoms with Gasteiger partial charge in [0.1, 0.15) is 31.0 Å². The maximum Gasteiger partial charge on any atom is 0.163 e. The molecule has 5 rings (SSSR count). The molecule has 0 atom stereocenters. The van der Waals surface area contributed by atoms with Crippen LogP contribution in [0, 0.1) is 5.82 Å². The fraction of sp³-hybridized carbons (Fsp3) is 0.273. The molecule has 9 heteroatoms. The largest absolute Gasteiger partial charge is 0.486 e. The van der Waals surface area contributed by atoms with Crippen LogP contribution in [0.4, 0.5) is 33.1 Å². The average molecular weight is 422 g/mol. The van der Waals surface area contributed by atoms with Crippen molar-refractivity contribution in [2.75, 3.05) is 60.2 Å². The second-order valence-corrected chi connectivity index (χ2v) is 7.39. The van der Waals surface area contributed by atoms with Crippen LogP contribution in [-0.4, -0.2) is 49.4 Å². The molecule has 2 aliphatic heterocycles. The fourth-order valence-corrected chi connectivity index (χ4v) is 3.82. The first kappa shape index (κ1) is 19.2. The van der Waals surface area contributed by atoms with E-state index in [0.717, 1.165) is 43.3 Å². The van der Waals surface area contributed by atoms with Gasteiger partial charge in [-0.25, -0.2) is 14.4 Å². The van der Waals surface area contributed by atoms with Crippen LogP contribution in [0.1, 0.15) is 0 Å². The Hall–Kier alpha value is -3.75. The molecule has 0 radical (unpaired) electrons. The minimum atomic E-state index is -0.228. The molecule has 8 nitrogen and oxygen atoms in total. The zero-order valence-electron chi connectivity index (χ0n) is 16.9. The van der Waals surface area contributed by atoms with Gasteiger partial charge in [0.05, 0.1) is 0 Å². The van der Waals surface area contributed by atoms with Crippen LogP contribution in [0.25, 0.3) is 0 Å². The molecule has 2 aromatic carbocycles. The van der Waals surface area contributed by atoms with Crippen molar-refractivity contribution in [3.63, 3.8) is 0 Å². The van der Waals surface area contributed by atoms with Gasteiger partial charge in [-0.1, -0.05) is 0 Å². The van der Waals surface area contributed by atoms with Gasteiger partial charge in [-0.2, -0.15) is 0 Å². The first-order valence-corrected chi connectivity index (χ1v) is 10.2. The molecular weight excluding hydrogens is 399 g/mol. The lowest BCUT2D eigenvalue weighted by molar-refractivity contribution is 0.171. The Morgan fingerprint density at radius 2 is 1.58 bits per heavy atom. The number of benzene rings is 2. The highest BCUT2D eigenvalue weighted by Crippen LogP contribution is 2.35. The van der Waals surface area contributed by atoms with E-state index < -0.39 is 0 Å². The van der Waals surface area contributed by atoms with Crippen molar-refractivity contribution in [3.8, 4) is 11.5 Å². The van der Waals surface area contributed by atoms with E-state index in [1.165, 1.54) is 18.5 Å². The fourth-order valence-electron chi connectivity index (χ4n) is 3.82. The second kappa shape index (κ2) is 8.17. The van der Waals surface area contributed by atoms with Crippen LogP contribution in [0.2, 0.25) is 0 Å². The number of nitrogens with zero attached hydrogens (tertiary/aromatic N) is 4. The van der Waals surface area contributed by atoms with Gasteiger partial charge in [-0.3, -0.25) is 0 Å². The van der Waals surface area contributed by atoms with E-state index >= 15 is 0 Å². The molecule has 3 heterocycles. The number of hydrogen-bond acceptors (Lipinski definition) is 8. The molecule has 0 bridgehead atoms. The van der Waals surface area contributed by atoms with Crippen molar-refractivity contribution < 1.29 is 13.9 Å². The third-order valence-electron chi connectivity index (χ3n) is 5.44. The van der Waals surface area contributed by atoms with Crippen molar-refractivity contribution in [2.45, 2.75) is 0 Å². The summed E-state index contributed by atoms with van der Waals surface area (Å²) in [6, 6.07) is 12.2. The maximum absolute atomic E-state index is 13.2. The maximum atomic E-state index is 13.2. The highest BCUT2D eigenvalue weighted by Gasteiger charge is 2.22. The number of piperazine rings is 1. The molecule has 0 unspecified atom stereocenters. The summed E-state index contributed by atoms with van der Waals surface area (Å²) in [7, 11) is 0. The molecule has 31 heavy (non-hydrogen) atoms. The lowest BCUT2D eigenvalue weighted by Gasteiger charge is -2.37. The van der Waals surface area contributed by atoms with E-state index in [2.05, 4.69) is 25.1 Å². The number of nitrogens with one attached hydrogen (secondary N) is 1. The van der Waals surface area contributed by atoms with Gasteiger partial charge in [0.25, 0.3) is 0 Å². The van der Waals surface area contributed by atoms with Gasteiger partial charge in [0.15, 0.2) is 23.1 Å². The summed E-state index contributed by atoms with van der Waals surface area (Å²) in [5.74, 6) is 2.44. The van der Waals surface area contributed by atoms with Crippen LogP contribution >= 0.6 is 0 Å². The SMILES string of the molecule is Nc1c(Nc2ccc3c(c2)OCCO3)ncnc1N1CCN(c2ccc(F)cc2)CC1. The monoisotopic (exact) mass is 422 g/mol. The molecule has 0 amide bonds.